The Hall–Kier alpha value is -1.97. The van der Waals surface area contributed by atoms with E-state index in [-0.39, 0.29) is 32.2 Å². The van der Waals surface area contributed by atoms with Crippen molar-refractivity contribution < 1.29 is 42.9 Å². The van der Waals surface area contributed by atoms with Gasteiger partial charge in [-0.15, -0.1) is 0 Å². The number of ether oxygens (including phenoxy) is 4. The lowest BCUT2D eigenvalue weighted by Gasteiger charge is -2.25. The van der Waals surface area contributed by atoms with Crippen molar-refractivity contribution in [2.45, 2.75) is 309 Å². The molecule has 0 aliphatic rings. The Kier molecular flexibility index (Phi) is 50.9. The second-order valence-electron chi connectivity index (χ2n) is 21.7. The first-order valence-electron chi connectivity index (χ1n) is 29.9. The first kappa shape index (κ1) is 67.0. The third-order valence-electron chi connectivity index (χ3n) is 13.5. The summed E-state index contributed by atoms with van der Waals surface area (Å²) in [6.07, 6.45) is 58.3. The summed E-state index contributed by atoms with van der Waals surface area (Å²) < 4.78 is 22.6. The Labute approximate surface area is 427 Å². The van der Waals surface area contributed by atoms with Gasteiger partial charge in [0.1, 0.15) is 13.2 Å². The Bertz CT molecular complexity index is 1140. The normalized spacial score (nSPS) is 12.8. The summed E-state index contributed by atoms with van der Waals surface area (Å²) in [5.41, 5.74) is 0. The fourth-order valence-corrected chi connectivity index (χ4v) is 8.89. The van der Waals surface area contributed by atoms with Crippen molar-refractivity contribution >= 4 is 17.9 Å². The number of nitrogens with zero attached hydrogens (tertiary/aromatic N) is 1. The first-order valence-corrected chi connectivity index (χ1v) is 29.9. The summed E-state index contributed by atoms with van der Waals surface area (Å²) >= 11 is 0. The quantitative estimate of drug-likeness (QED) is 0.0211. The van der Waals surface area contributed by atoms with Crippen molar-refractivity contribution in [3.63, 3.8) is 0 Å². The molecule has 0 fully saturated rings. The van der Waals surface area contributed by atoms with E-state index in [0.29, 0.717) is 17.4 Å². The molecular formula is C60H116NO8+. The number of hydrogen-bond donors (Lipinski definition) is 1. The number of carbonyl (C=O) groups is 3. The number of unbranched alkanes of at least 4 members (excludes halogenated alkanes) is 39. The molecule has 9 heteroatoms. The van der Waals surface area contributed by atoms with E-state index in [9.17, 15) is 19.5 Å². The monoisotopic (exact) mass is 979 g/mol. The molecule has 0 saturated heterocycles. The van der Waals surface area contributed by atoms with Gasteiger partial charge in [-0.1, -0.05) is 257 Å². The SMILES string of the molecule is CCCCCCCCCC/C=C\CCCCCCCCCCCCCCCCCCCCCCCCCCCCCC(=O)OC(COC(=O)CCCCCCC)COC(OCC[N+](C)(C)C)C(=O)O. The fraction of sp³-hybridized carbons (Fsp3) is 0.917. The predicted molar refractivity (Wildman–Crippen MR) is 291 cm³/mol. The zero-order chi connectivity index (χ0) is 50.6. The maximum absolute atomic E-state index is 12.8. The van der Waals surface area contributed by atoms with Crippen molar-refractivity contribution in [3.8, 4) is 0 Å². The Morgan fingerprint density at radius 1 is 0.420 bits per heavy atom. The average Bonchev–Trinajstić information content (AvgIpc) is 3.31. The number of quaternary nitrogens is 1. The van der Waals surface area contributed by atoms with Crippen LogP contribution in [0, 0.1) is 0 Å². The zero-order valence-electron chi connectivity index (χ0n) is 46.5. The van der Waals surface area contributed by atoms with Gasteiger partial charge in [0, 0.05) is 12.8 Å². The molecule has 0 radical (unpaired) electrons. The van der Waals surface area contributed by atoms with Crippen LogP contribution in [-0.2, 0) is 33.3 Å². The lowest BCUT2D eigenvalue weighted by molar-refractivity contribution is -0.870. The van der Waals surface area contributed by atoms with Crippen molar-refractivity contribution in [2.24, 2.45) is 0 Å². The summed E-state index contributed by atoms with van der Waals surface area (Å²) in [5.74, 6) is -2.00. The summed E-state index contributed by atoms with van der Waals surface area (Å²) in [6, 6.07) is 0. The molecule has 0 aliphatic carbocycles. The van der Waals surface area contributed by atoms with Gasteiger partial charge >= 0.3 is 17.9 Å². The highest BCUT2D eigenvalue weighted by Gasteiger charge is 2.25. The number of esters is 2. The van der Waals surface area contributed by atoms with Gasteiger partial charge in [0.15, 0.2) is 6.10 Å². The molecule has 69 heavy (non-hydrogen) atoms. The van der Waals surface area contributed by atoms with Gasteiger partial charge in [-0.2, -0.15) is 0 Å². The standard InChI is InChI=1S/C60H115NO8/c1-6-8-10-12-13-14-15-16-17-18-19-20-21-22-23-24-25-26-27-28-29-30-31-32-33-34-35-36-37-38-39-40-41-42-43-44-45-47-49-51-58(63)69-56(54-67-57(62)50-48-46-11-9-7-2)55-68-60(59(64)65)66-53-52-61(3,4)5/h18-19,56,60H,6-17,20-55H2,1-5H3/p+1/b19-18-. The van der Waals surface area contributed by atoms with E-state index in [4.69, 9.17) is 18.9 Å². The van der Waals surface area contributed by atoms with Crippen molar-refractivity contribution in [1.82, 2.24) is 0 Å². The minimum Gasteiger partial charge on any atom is -0.477 e. The van der Waals surface area contributed by atoms with Crippen LogP contribution < -0.4 is 0 Å². The molecule has 0 aliphatic heterocycles. The topological polar surface area (TPSA) is 108 Å². The Morgan fingerprint density at radius 2 is 0.739 bits per heavy atom. The lowest BCUT2D eigenvalue weighted by atomic mass is 10.0. The minimum atomic E-state index is -1.50. The molecule has 2 unspecified atom stereocenters. The highest BCUT2D eigenvalue weighted by atomic mass is 16.7. The van der Waals surface area contributed by atoms with Gasteiger partial charge in [0.05, 0.1) is 34.4 Å². The van der Waals surface area contributed by atoms with Gasteiger partial charge in [-0.25, -0.2) is 4.79 Å². The van der Waals surface area contributed by atoms with E-state index >= 15 is 0 Å². The van der Waals surface area contributed by atoms with Crippen LogP contribution in [0.2, 0.25) is 0 Å². The second kappa shape index (κ2) is 52.4. The summed E-state index contributed by atoms with van der Waals surface area (Å²) in [7, 11) is 5.96. The smallest absolute Gasteiger partial charge is 0.361 e. The molecule has 0 aromatic rings. The molecular weight excluding hydrogens is 863 g/mol. The second-order valence-corrected chi connectivity index (χ2v) is 21.7. The maximum atomic E-state index is 12.8. The molecule has 0 aromatic heterocycles. The van der Waals surface area contributed by atoms with Crippen LogP contribution in [0.3, 0.4) is 0 Å². The van der Waals surface area contributed by atoms with Gasteiger partial charge in [-0.3, -0.25) is 9.59 Å². The van der Waals surface area contributed by atoms with Crippen molar-refractivity contribution in [1.29, 1.82) is 0 Å². The molecule has 0 bridgehead atoms. The summed E-state index contributed by atoms with van der Waals surface area (Å²) in [4.78, 5) is 36.9. The number of rotatable bonds is 56. The molecule has 2 atom stereocenters. The number of carboxylic acids is 1. The van der Waals surface area contributed by atoms with Crippen LogP contribution in [0.1, 0.15) is 296 Å². The van der Waals surface area contributed by atoms with Crippen LogP contribution >= 0.6 is 0 Å². The molecule has 0 spiro atoms. The van der Waals surface area contributed by atoms with Crippen LogP contribution in [0.25, 0.3) is 0 Å². The van der Waals surface area contributed by atoms with Crippen molar-refractivity contribution in [3.05, 3.63) is 12.2 Å². The molecule has 9 nitrogen and oxygen atoms in total. The Balaban J connectivity index is 3.73. The van der Waals surface area contributed by atoms with E-state index in [1.807, 2.05) is 21.1 Å². The number of likely N-dealkylation sites (N-methyl/N-ethyl adjacent to an activating group) is 1. The van der Waals surface area contributed by atoms with E-state index in [2.05, 4.69) is 26.0 Å². The van der Waals surface area contributed by atoms with E-state index in [0.717, 1.165) is 51.4 Å². The first-order chi connectivity index (χ1) is 33.6. The largest absolute Gasteiger partial charge is 0.477 e. The number of aliphatic carboxylic acids is 1. The minimum absolute atomic E-state index is 0.177. The summed E-state index contributed by atoms with van der Waals surface area (Å²) in [6.45, 7) is 4.81. The van der Waals surface area contributed by atoms with Crippen molar-refractivity contribution in [2.75, 3.05) is 47.5 Å². The molecule has 0 aromatic carbocycles. The molecule has 408 valence electrons. The van der Waals surface area contributed by atoms with Gasteiger partial charge in [0.25, 0.3) is 6.29 Å². The van der Waals surface area contributed by atoms with Crippen LogP contribution in [-0.4, -0.2) is 87.4 Å². The number of carboxylic acid groups (broad SMARTS) is 1. The van der Waals surface area contributed by atoms with Crippen LogP contribution in [0.5, 0.6) is 0 Å². The third kappa shape index (κ3) is 53.7. The van der Waals surface area contributed by atoms with Gasteiger partial charge < -0.3 is 28.5 Å². The highest BCUT2D eigenvalue weighted by Crippen LogP contribution is 2.18. The highest BCUT2D eigenvalue weighted by molar-refractivity contribution is 5.71. The zero-order valence-corrected chi connectivity index (χ0v) is 46.5. The number of hydrogen-bond acceptors (Lipinski definition) is 7. The lowest BCUT2D eigenvalue weighted by Crippen LogP contribution is -2.40. The summed E-state index contributed by atoms with van der Waals surface area (Å²) in [5, 5.41) is 9.61. The van der Waals surface area contributed by atoms with Crippen LogP contribution in [0.15, 0.2) is 12.2 Å². The molecule has 0 saturated carbocycles. The molecule has 1 N–H and O–H groups in total. The van der Waals surface area contributed by atoms with E-state index < -0.39 is 24.3 Å². The molecule has 0 heterocycles. The maximum Gasteiger partial charge on any atom is 0.361 e. The number of carbonyl (C=O) groups excluding carboxylic acids is 2. The fourth-order valence-electron chi connectivity index (χ4n) is 8.89. The molecule has 0 amide bonds. The van der Waals surface area contributed by atoms with Gasteiger partial charge in [0.2, 0.25) is 0 Å². The van der Waals surface area contributed by atoms with Gasteiger partial charge in [-0.05, 0) is 38.5 Å². The molecule has 0 rings (SSSR count). The predicted octanol–water partition coefficient (Wildman–Crippen LogP) is 17.4. The Morgan fingerprint density at radius 3 is 1.07 bits per heavy atom. The number of allylic oxidation sites excluding steroid dienone is 2. The third-order valence-corrected chi connectivity index (χ3v) is 13.5. The average molecular weight is 980 g/mol. The van der Waals surface area contributed by atoms with Crippen LogP contribution in [0.4, 0.5) is 0 Å². The van der Waals surface area contributed by atoms with E-state index in [1.165, 1.54) is 218 Å². The van der Waals surface area contributed by atoms with E-state index in [1.54, 1.807) is 0 Å².